The molecule has 0 nitrogen and oxygen atoms in total. The largest absolute Gasteiger partial charge is 0.0802 e. The number of rotatable bonds is 2. The van der Waals surface area contributed by atoms with E-state index < -0.39 is 0 Å². The van der Waals surface area contributed by atoms with Gasteiger partial charge in [-0.1, -0.05) is 39.0 Å². The monoisotopic (exact) mass is 149 g/mol. The smallest absolute Gasteiger partial charge is 0.0109 e. The molecule has 0 N–H and O–H groups in total. The van der Waals surface area contributed by atoms with Crippen LogP contribution in [0, 0.1) is 11.8 Å². The second kappa shape index (κ2) is 3.25. The Labute approximate surface area is 70.0 Å². The molecule has 0 atom stereocenters. The normalized spacial score (nSPS) is 18.3. The van der Waals surface area contributed by atoms with Crippen LogP contribution in [0.15, 0.2) is 23.8 Å². The molecule has 0 aromatic rings. The lowest BCUT2D eigenvalue weighted by Crippen LogP contribution is -2.12. The first-order valence-corrected chi connectivity index (χ1v) is 4.37. The van der Waals surface area contributed by atoms with E-state index in [0.29, 0.717) is 5.41 Å². The van der Waals surface area contributed by atoms with E-state index >= 15 is 0 Å². The van der Waals surface area contributed by atoms with Gasteiger partial charge in [0.15, 0.2) is 0 Å². The molecular weight excluding hydrogens is 132 g/mol. The number of hydrogen-bond acceptors (Lipinski definition) is 0. The summed E-state index contributed by atoms with van der Waals surface area (Å²) in [5.41, 5.74) is 1.85. The highest BCUT2D eigenvalue weighted by atomic mass is 14.2. The van der Waals surface area contributed by atoms with Crippen LogP contribution in [0.3, 0.4) is 0 Å². The molecule has 61 valence electrons. The molecule has 0 heteroatoms. The summed E-state index contributed by atoms with van der Waals surface area (Å²) < 4.78 is 0. The Kier molecular flexibility index (Phi) is 2.53. The summed E-state index contributed by atoms with van der Waals surface area (Å²) in [7, 11) is 0. The van der Waals surface area contributed by atoms with Crippen LogP contribution in [0.4, 0.5) is 0 Å². The highest BCUT2D eigenvalue weighted by molar-refractivity contribution is 5.31. The molecule has 1 aliphatic carbocycles. The molecule has 0 aromatic carbocycles. The lowest BCUT2D eigenvalue weighted by atomic mass is 9.79. The highest BCUT2D eigenvalue weighted by Gasteiger charge is 2.19. The summed E-state index contributed by atoms with van der Waals surface area (Å²) in [5, 5.41) is 0. The standard InChI is InChI=1S/C11H17/c1-4-11(2,3)10-8-6-5-7-9-10/h5-6,8-9H,4,7H2,1-3H3. The Morgan fingerprint density at radius 1 is 1.45 bits per heavy atom. The molecule has 1 rings (SSSR count). The van der Waals surface area contributed by atoms with Crippen LogP contribution in [0.25, 0.3) is 0 Å². The predicted molar refractivity (Wildman–Crippen MR) is 50.2 cm³/mol. The van der Waals surface area contributed by atoms with Crippen molar-refractivity contribution in [2.75, 3.05) is 0 Å². The zero-order chi connectivity index (χ0) is 8.32. The summed E-state index contributed by atoms with van der Waals surface area (Å²) in [4.78, 5) is 0. The molecule has 0 spiro atoms. The fourth-order valence-corrected chi connectivity index (χ4v) is 1.22. The van der Waals surface area contributed by atoms with Crippen molar-refractivity contribution in [2.24, 2.45) is 5.41 Å². The van der Waals surface area contributed by atoms with E-state index in [0.717, 1.165) is 6.42 Å². The Morgan fingerprint density at radius 3 is 2.64 bits per heavy atom. The minimum absolute atomic E-state index is 0.366. The van der Waals surface area contributed by atoms with Gasteiger partial charge in [-0.2, -0.15) is 0 Å². The molecule has 0 aliphatic heterocycles. The third-order valence-electron chi connectivity index (χ3n) is 2.55. The van der Waals surface area contributed by atoms with Crippen molar-refractivity contribution in [2.45, 2.75) is 33.6 Å². The van der Waals surface area contributed by atoms with E-state index in [9.17, 15) is 0 Å². The summed E-state index contributed by atoms with van der Waals surface area (Å²) >= 11 is 0. The van der Waals surface area contributed by atoms with Gasteiger partial charge in [0.2, 0.25) is 0 Å². The van der Waals surface area contributed by atoms with Crippen LogP contribution in [-0.4, -0.2) is 0 Å². The van der Waals surface area contributed by atoms with E-state index in [2.05, 4.69) is 45.4 Å². The van der Waals surface area contributed by atoms with E-state index in [1.54, 1.807) is 0 Å². The molecule has 11 heavy (non-hydrogen) atoms. The van der Waals surface area contributed by atoms with Gasteiger partial charge in [0.1, 0.15) is 0 Å². The maximum absolute atomic E-state index is 2.32. The second-order valence-corrected chi connectivity index (χ2v) is 3.73. The van der Waals surface area contributed by atoms with Crippen molar-refractivity contribution in [3.63, 3.8) is 0 Å². The van der Waals surface area contributed by atoms with Crippen molar-refractivity contribution in [1.29, 1.82) is 0 Å². The fraction of sp³-hybridized carbons (Fsp3) is 0.545. The number of hydrogen-bond donors (Lipinski definition) is 0. The van der Waals surface area contributed by atoms with E-state index in [1.807, 2.05) is 0 Å². The van der Waals surface area contributed by atoms with E-state index in [4.69, 9.17) is 0 Å². The van der Waals surface area contributed by atoms with Gasteiger partial charge in [0.25, 0.3) is 0 Å². The highest BCUT2D eigenvalue weighted by Crippen LogP contribution is 2.32. The average Bonchev–Trinajstić information content (AvgIpc) is 2.06. The van der Waals surface area contributed by atoms with Crippen LogP contribution in [0.2, 0.25) is 0 Å². The fourth-order valence-electron chi connectivity index (χ4n) is 1.22. The zero-order valence-corrected chi connectivity index (χ0v) is 7.72. The summed E-state index contributed by atoms with van der Waals surface area (Å²) in [6.45, 7) is 6.84. The Bertz CT molecular complexity index is 182. The lowest BCUT2D eigenvalue weighted by Gasteiger charge is -2.25. The third-order valence-corrected chi connectivity index (χ3v) is 2.55. The number of allylic oxidation sites excluding steroid dienone is 4. The summed E-state index contributed by atoms with van der Waals surface area (Å²) in [6.07, 6.45) is 11.2. The minimum Gasteiger partial charge on any atom is -0.0802 e. The molecule has 0 bridgehead atoms. The molecule has 0 saturated heterocycles. The van der Waals surface area contributed by atoms with Gasteiger partial charge >= 0.3 is 0 Å². The molecule has 0 unspecified atom stereocenters. The third kappa shape index (κ3) is 1.95. The Hall–Kier alpha value is -0.520. The molecule has 1 aliphatic rings. The molecule has 0 aromatic heterocycles. The van der Waals surface area contributed by atoms with Gasteiger partial charge in [-0.25, -0.2) is 0 Å². The van der Waals surface area contributed by atoms with Crippen molar-refractivity contribution in [1.82, 2.24) is 0 Å². The Balaban J connectivity index is 2.73. The van der Waals surface area contributed by atoms with Gasteiger partial charge in [0, 0.05) is 0 Å². The second-order valence-electron chi connectivity index (χ2n) is 3.73. The van der Waals surface area contributed by atoms with Gasteiger partial charge in [-0.3, -0.25) is 0 Å². The van der Waals surface area contributed by atoms with Crippen LogP contribution >= 0.6 is 0 Å². The topological polar surface area (TPSA) is 0 Å². The summed E-state index contributed by atoms with van der Waals surface area (Å²) in [5.74, 6) is 0. The molecule has 0 fully saturated rings. The van der Waals surface area contributed by atoms with Crippen LogP contribution < -0.4 is 0 Å². The van der Waals surface area contributed by atoms with Gasteiger partial charge in [0.05, 0.1) is 0 Å². The molecular formula is C11H17. The van der Waals surface area contributed by atoms with Gasteiger partial charge < -0.3 is 0 Å². The first-order chi connectivity index (χ1) is 5.17. The molecule has 0 saturated carbocycles. The van der Waals surface area contributed by atoms with Crippen molar-refractivity contribution in [3.05, 3.63) is 30.2 Å². The summed E-state index contributed by atoms with van der Waals surface area (Å²) in [6, 6.07) is 0. The average molecular weight is 149 g/mol. The van der Waals surface area contributed by atoms with Crippen molar-refractivity contribution < 1.29 is 0 Å². The van der Waals surface area contributed by atoms with Crippen LogP contribution in [0.1, 0.15) is 33.6 Å². The van der Waals surface area contributed by atoms with Crippen molar-refractivity contribution >= 4 is 0 Å². The SMILES string of the molecule is CCC(C)(C)C1=CC[CH]C=C1. The van der Waals surface area contributed by atoms with Crippen LogP contribution in [0.5, 0.6) is 0 Å². The van der Waals surface area contributed by atoms with Crippen molar-refractivity contribution in [3.8, 4) is 0 Å². The predicted octanol–water partition coefficient (Wildman–Crippen LogP) is 3.51. The molecule has 1 radical (unpaired) electrons. The van der Waals surface area contributed by atoms with Gasteiger partial charge in [-0.05, 0) is 30.3 Å². The minimum atomic E-state index is 0.366. The maximum atomic E-state index is 2.32. The lowest BCUT2D eigenvalue weighted by molar-refractivity contribution is 0.438. The molecule has 0 heterocycles. The molecule has 0 amide bonds. The van der Waals surface area contributed by atoms with Gasteiger partial charge in [-0.15, -0.1) is 0 Å². The first-order valence-electron chi connectivity index (χ1n) is 4.37. The Morgan fingerprint density at radius 2 is 2.18 bits per heavy atom. The quantitative estimate of drug-likeness (QED) is 0.563. The van der Waals surface area contributed by atoms with E-state index in [1.165, 1.54) is 12.0 Å². The van der Waals surface area contributed by atoms with Crippen LogP contribution in [-0.2, 0) is 0 Å². The van der Waals surface area contributed by atoms with E-state index in [-0.39, 0.29) is 0 Å². The first kappa shape index (κ1) is 8.58. The maximum Gasteiger partial charge on any atom is -0.0109 e. The zero-order valence-electron chi connectivity index (χ0n) is 7.72.